The van der Waals surface area contributed by atoms with Crippen molar-refractivity contribution in [2.75, 3.05) is 0 Å². The van der Waals surface area contributed by atoms with Crippen LogP contribution in [0.2, 0.25) is 0 Å². The molecule has 0 bridgehead atoms. The Balaban J connectivity index is 0.657. The number of nitrogens with zero attached hydrogens (tertiary/aromatic N) is 6. The molecule has 2 aliphatic heterocycles. The van der Waals surface area contributed by atoms with Crippen molar-refractivity contribution in [3.8, 4) is 101 Å². The maximum Gasteiger partial charge on any atom is 0.145 e. The second-order valence-electron chi connectivity index (χ2n) is 31.4. The van der Waals surface area contributed by atoms with Crippen LogP contribution in [0.5, 0.6) is 0 Å². The van der Waals surface area contributed by atoms with Crippen molar-refractivity contribution in [3.05, 3.63) is 433 Å². The van der Waals surface area contributed by atoms with Gasteiger partial charge in [-0.2, -0.15) is 0 Å². The van der Waals surface area contributed by atoms with Crippen LogP contribution in [0.3, 0.4) is 0 Å². The van der Waals surface area contributed by atoms with Gasteiger partial charge in [-0.3, -0.25) is 9.13 Å². The van der Waals surface area contributed by atoms with Crippen molar-refractivity contribution in [3.63, 3.8) is 0 Å². The highest BCUT2D eigenvalue weighted by Crippen LogP contribution is 2.64. The molecule has 0 N–H and O–H groups in total. The summed E-state index contributed by atoms with van der Waals surface area (Å²) in [6, 6.07) is 146. The second-order valence-corrected chi connectivity index (χ2v) is 31.4. The van der Waals surface area contributed by atoms with Gasteiger partial charge >= 0.3 is 0 Å². The lowest BCUT2D eigenvalue weighted by atomic mass is 9.65. The highest BCUT2D eigenvalue weighted by Gasteiger charge is 2.53. The zero-order chi connectivity index (χ0) is 74.2. The van der Waals surface area contributed by atoms with E-state index < -0.39 is 10.8 Å². The van der Waals surface area contributed by atoms with Crippen molar-refractivity contribution in [1.82, 2.24) is 28.2 Å². The van der Waals surface area contributed by atoms with Gasteiger partial charge in [-0.05, 0) is 231 Å². The van der Waals surface area contributed by atoms with E-state index in [0.29, 0.717) is 0 Å². The van der Waals surface area contributed by atoms with Crippen LogP contribution in [-0.2, 0) is 10.8 Å². The number of aromatic nitrogens is 6. The van der Waals surface area contributed by atoms with Gasteiger partial charge in [0.2, 0.25) is 0 Å². The predicted octanol–water partition coefficient (Wildman–Crippen LogP) is 26.6. The molecule has 0 fully saturated rings. The maximum absolute atomic E-state index is 5.62. The molecule has 22 aromatic rings. The Morgan fingerprint density at radius 1 is 0.202 bits per heavy atom. The van der Waals surface area contributed by atoms with E-state index in [1.807, 2.05) is 0 Å². The van der Waals surface area contributed by atoms with Crippen LogP contribution < -0.4 is 0 Å². The number of hydrogen-bond acceptors (Lipinski definition) is 2. The van der Waals surface area contributed by atoms with Gasteiger partial charge in [-0.25, -0.2) is 9.97 Å². The zero-order valence-corrected chi connectivity index (χ0v) is 61.6. The molecule has 526 valence electrons. The summed E-state index contributed by atoms with van der Waals surface area (Å²) in [6.07, 6.45) is 0. The number of fused-ring (bicyclic) bond motifs is 27. The lowest BCUT2D eigenvalue weighted by molar-refractivity contribution is 0.746. The summed E-state index contributed by atoms with van der Waals surface area (Å²) in [6.45, 7) is 0. The quantitative estimate of drug-likeness (QED) is 0.160. The van der Waals surface area contributed by atoms with Crippen molar-refractivity contribution < 1.29 is 0 Å². The first-order valence-electron chi connectivity index (χ1n) is 39.5. The normalized spacial score (nSPS) is 15.3. The zero-order valence-electron chi connectivity index (χ0n) is 61.6. The average molecular weight is 1450 g/mol. The number of imidazole rings is 2. The molecule has 0 radical (unpaired) electrons. The summed E-state index contributed by atoms with van der Waals surface area (Å²) >= 11 is 0. The van der Waals surface area contributed by atoms with E-state index in [-0.39, 0.29) is 0 Å². The molecule has 6 heterocycles. The van der Waals surface area contributed by atoms with Crippen molar-refractivity contribution >= 4 is 87.2 Å². The van der Waals surface area contributed by atoms with Crippen LogP contribution >= 0.6 is 0 Å². The first-order valence-corrected chi connectivity index (χ1v) is 39.5. The molecule has 6 nitrogen and oxygen atoms in total. The van der Waals surface area contributed by atoms with E-state index in [2.05, 4.69) is 407 Å². The molecule has 4 aromatic heterocycles. The molecule has 26 rings (SSSR count). The summed E-state index contributed by atoms with van der Waals surface area (Å²) < 4.78 is 9.84. The van der Waals surface area contributed by atoms with Gasteiger partial charge in [0.15, 0.2) is 0 Å². The molecule has 2 spiro atoms. The van der Waals surface area contributed by atoms with Crippen molar-refractivity contribution in [2.45, 2.75) is 10.8 Å². The van der Waals surface area contributed by atoms with Crippen molar-refractivity contribution in [1.29, 1.82) is 0 Å². The number of benzene rings is 18. The van der Waals surface area contributed by atoms with Crippen LogP contribution in [-0.4, -0.2) is 28.2 Å². The topological polar surface area (TPSA) is 45.5 Å². The molecule has 2 atom stereocenters. The second kappa shape index (κ2) is 22.8. The molecule has 2 aliphatic carbocycles. The van der Waals surface area contributed by atoms with E-state index in [4.69, 9.17) is 9.97 Å². The number of hydrogen-bond donors (Lipinski definition) is 0. The summed E-state index contributed by atoms with van der Waals surface area (Å²) in [5.74, 6) is 1.87. The Morgan fingerprint density at radius 2 is 0.623 bits per heavy atom. The van der Waals surface area contributed by atoms with Crippen LogP contribution in [0.4, 0.5) is 0 Å². The lowest BCUT2D eigenvalue weighted by Crippen LogP contribution is -2.33. The first kappa shape index (κ1) is 61.9. The monoisotopic (exact) mass is 1440 g/mol. The van der Waals surface area contributed by atoms with Crippen LogP contribution in [0, 0.1) is 0 Å². The number of rotatable bonds is 7. The Hall–Kier alpha value is -15.0. The molecule has 114 heavy (non-hydrogen) atoms. The predicted molar refractivity (Wildman–Crippen MR) is 468 cm³/mol. The third kappa shape index (κ3) is 8.11. The fourth-order valence-corrected chi connectivity index (χ4v) is 21.3. The van der Waals surface area contributed by atoms with Crippen LogP contribution in [0.1, 0.15) is 44.5 Å². The number of para-hydroxylation sites is 4. The molecule has 0 amide bonds. The Bertz CT molecular complexity index is 7990. The first-order chi connectivity index (χ1) is 56.5. The fourth-order valence-electron chi connectivity index (χ4n) is 21.3. The molecule has 2 unspecified atom stereocenters. The fraction of sp³-hybridized carbons (Fsp3) is 0.0185. The Labute approximate surface area is 655 Å². The molecule has 4 aliphatic rings. The van der Waals surface area contributed by atoms with E-state index >= 15 is 0 Å². The molecular formula is C108H64N6. The largest absolute Gasteiger partial charge is 0.309 e. The van der Waals surface area contributed by atoms with Crippen molar-refractivity contribution in [2.24, 2.45) is 0 Å². The molecular weight excluding hydrogens is 1380 g/mol. The van der Waals surface area contributed by atoms with Crippen LogP contribution in [0.15, 0.2) is 388 Å². The Kier molecular flexibility index (Phi) is 12.4. The highest BCUT2D eigenvalue weighted by atomic mass is 15.1. The summed E-state index contributed by atoms with van der Waals surface area (Å²) in [5, 5.41) is 9.77. The maximum atomic E-state index is 5.62. The summed E-state index contributed by atoms with van der Waals surface area (Å²) in [5.41, 5.74) is 36.1. The summed E-state index contributed by atoms with van der Waals surface area (Å²) in [4.78, 5) is 11.1. The molecule has 0 saturated heterocycles. The van der Waals surface area contributed by atoms with E-state index in [9.17, 15) is 0 Å². The standard InChI is InChI=1S/C108H64N6/c1-4-24-66(25-5-1)105-109-94-42-21-40-89-103(94)113(105)98-44-19-18-39-88(98)107(89)86-37-16-14-35-79(86)81-51-45-73(61-91(81)107)71-48-53-96-83(59-71)84-58-69-28-10-11-29-70(69)64-101(84)112(96)77-33-20-30-68(57-77)75-50-55-99-93(63-75)108(90-41-22-43-95-104(90)114(99)106(110-95)67-26-6-2-7-27-67)87-38-17-15-36-80(87)82-52-46-74(62-92(82)108)72-49-54-97-85(60-72)102-78-34-13-12-23-65(78)47-56-100(102)111(97)76-31-8-3-9-32-76/h1-64H. The van der Waals surface area contributed by atoms with E-state index in [1.165, 1.54) is 138 Å². The van der Waals surface area contributed by atoms with Crippen LogP contribution in [0.25, 0.3) is 188 Å². The Morgan fingerprint density at radius 3 is 1.27 bits per heavy atom. The van der Waals surface area contributed by atoms with Gasteiger partial charge in [-0.15, -0.1) is 0 Å². The minimum absolute atomic E-state index is 0.622. The highest BCUT2D eigenvalue weighted by molar-refractivity contribution is 6.22. The lowest BCUT2D eigenvalue weighted by Gasteiger charge is -2.40. The third-order valence-electron chi connectivity index (χ3n) is 25.9. The van der Waals surface area contributed by atoms with Gasteiger partial charge in [0, 0.05) is 44.0 Å². The average Bonchev–Trinajstić information content (AvgIpc) is 1.48. The molecule has 18 aromatic carbocycles. The van der Waals surface area contributed by atoms with Gasteiger partial charge < -0.3 is 9.13 Å². The van der Waals surface area contributed by atoms with Gasteiger partial charge in [-0.1, -0.05) is 279 Å². The van der Waals surface area contributed by atoms with E-state index in [0.717, 1.165) is 95.3 Å². The third-order valence-corrected chi connectivity index (χ3v) is 25.9. The SMILES string of the molecule is c1ccc(-c2nc3cccc4c3n2-c2ccccc2C42c3ccccc3-c3ccc(-c4ccc5c(c4)c4cc6ccccc6cc4n5-c4cccc(-c5ccc6c(c5)C5(c7ccccc7-c7ccc(-c8ccc9c(c8)c8c%10ccccc%10ccc8n9-c8ccccc8)cc75)c5cccc7nc(-c8ccccc8)n-6c57)c4)cc32)cc1. The molecule has 0 saturated carbocycles. The minimum Gasteiger partial charge on any atom is -0.309 e. The smallest absolute Gasteiger partial charge is 0.145 e. The van der Waals surface area contributed by atoms with Gasteiger partial charge in [0.1, 0.15) is 11.6 Å². The van der Waals surface area contributed by atoms with Gasteiger partial charge in [0.05, 0.1) is 66.3 Å². The van der Waals surface area contributed by atoms with E-state index in [1.54, 1.807) is 0 Å². The van der Waals surface area contributed by atoms with Gasteiger partial charge in [0.25, 0.3) is 0 Å². The summed E-state index contributed by atoms with van der Waals surface area (Å²) in [7, 11) is 0. The molecule has 6 heteroatoms. The minimum atomic E-state index is -0.766.